The molecule has 0 aromatic heterocycles. The van der Waals surface area contributed by atoms with Crippen molar-refractivity contribution in [2.75, 3.05) is 25.7 Å². The molecule has 12 heteroatoms. The molecule has 0 bridgehead atoms. The molecule has 0 amide bonds. The van der Waals surface area contributed by atoms with Gasteiger partial charge in [0.05, 0.1) is 25.7 Å². The van der Waals surface area contributed by atoms with Gasteiger partial charge >= 0.3 is 0 Å². The highest BCUT2D eigenvalue weighted by Crippen LogP contribution is 2.17. The van der Waals surface area contributed by atoms with Crippen LogP contribution in [-0.2, 0) is 28.6 Å². The topological polar surface area (TPSA) is 168 Å². The molecule has 4 N–H and O–H groups in total. The van der Waals surface area contributed by atoms with Gasteiger partial charge in [0.2, 0.25) is 0 Å². The van der Waals surface area contributed by atoms with Crippen LogP contribution in [0.2, 0.25) is 0 Å². The number of hydrogen-bond donors (Lipinski definition) is 4. The molecular formula is C8H18O10S2. The number of aliphatic hydroxyl groups excluding tert-OH is 4. The summed E-state index contributed by atoms with van der Waals surface area (Å²) >= 11 is 0. The SMILES string of the molecule is CS(=O)(=O)O[C@@H]([C@H](OS(C)(=O)=O)[C@H](O)CO)[C@H](O)CO. The van der Waals surface area contributed by atoms with Gasteiger partial charge in [0, 0.05) is 0 Å². The van der Waals surface area contributed by atoms with Crippen LogP contribution in [0.4, 0.5) is 0 Å². The Kier molecular flexibility index (Phi) is 7.48. The third kappa shape index (κ3) is 7.44. The Morgan fingerprint density at radius 3 is 1.20 bits per heavy atom. The van der Waals surface area contributed by atoms with Gasteiger partial charge in [-0.1, -0.05) is 0 Å². The Morgan fingerprint density at radius 1 is 0.800 bits per heavy atom. The summed E-state index contributed by atoms with van der Waals surface area (Å²) in [5, 5.41) is 36.6. The normalized spacial score (nSPS) is 19.3. The van der Waals surface area contributed by atoms with E-state index in [1.807, 2.05) is 0 Å². The molecular weight excluding hydrogens is 320 g/mol. The van der Waals surface area contributed by atoms with E-state index in [2.05, 4.69) is 8.37 Å². The first-order chi connectivity index (χ1) is 8.91. The Hall–Kier alpha value is -0.340. The second kappa shape index (κ2) is 7.61. The van der Waals surface area contributed by atoms with Crippen molar-refractivity contribution in [1.29, 1.82) is 0 Å². The van der Waals surface area contributed by atoms with E-state index in [1.165, 1.54) is 0 Å². The molecule has 0 heterocycles. The molecule has 0 saturated carbocycles. The maximum absolute atomic E-state index is 11.1. The van der Waals surface area contributed by atoms with Crippen LogP contribution in [0.15, 0.2) is 0 Å². The third-order valence-corrected chi connectivity index (χ3v) is 3.17. The zero-order chi connectivity index (χ0) is 16.1. The second-order valence-electron chi connectivity index (χ2n) is 4.03. The monoisotopic (exact) mass is 338 g/mol. The van der Waals surface area contributed by atoms with Crippen LogP contribution in [-0.4, -0.2) is 87.4 Å². The van der Waals surface area contributed by atoms with Crippen LogP contribution in [0, 0.1) is 0 Å². The molecule has 4 atom stereocenters. The van der Waals surface area contributed by atoms with Gasteiger partial charge in [-0.3, -0.25) is 8.37 Å². The average molecular weight is 338 g/mol. The van der Waals surface area contributed by atoms with E-state index in [0.29, 0.717) is 12.5 Å². The number of rotatable bonds is 9. The molecule has 0 aliphatic heterocycles. The molecule has 0 unspecified atom stereocenters. The third-order valence-electron chi connectivity index (χ3n) is 2.03. The Labute approximate surface area is 116 Å². The van der Waals surface area contributed by atoms with Crippen molar-refractivity contribution < 1.29 is 45.6 Å². The summed E-state index contributed by atoms with van der Waals surface area (Å²) in [5.74, 6) is 0. The van der Waals surface area contributed by atoms with Crippen molar-refractivity contribution in [3.8, 4) is 0 Å². The lowest BCUT2D eigenvalue weighted by Crippen LogP contribution is -2.51. The van der Waals surface area contributed by atoms with Gasteiger partial charge in [-0.25, -0.2) is 0 Å². The van der Waals surface area contributed by atoms with Gasteiger partial charge < -0.3 is 20.4 Å². The molecule has 122 valence electrons. The van der Waals surface area contributed by atoms with Crippen LogP contribution in [0.25, 0.3) is 0 Å². The molecule has 0 saturated heterocycles. The summed E-state index contributed by atoms with van der Waals surface area (Å²) in [6.07, 6.45) is -6.34. The number of hydrogen-bond acceptors (Lipinski definition) is 10. The summed E-state index contributed by atoms with van der Waals surface area (Å²) < 4.78 is 53.2. The van der Waals surface area contributed by atoms with Crippen LogP contribution in [0.1, 0.15) is 0 Å². The highest BCUT2D eigenvalue weighted by molar-refractivity contribution is 7.86. The Morgan fingerprint density at radius 2 is 1.05 bits per heavy atom. The molecule has 0 fully saturated rings. The minimum atomic E-state index is -4.16. The molecule has 0 spiro atoms. The van der Waals surface area contributed by atoms with E-state index >= 15 is 0 Å². The first-order valence-corrected chi connectivity index (χ1v) is 8.89. The Balaban J connectivity index is 5.49. The zero-order valence-electron chi connectivity index (χ0n) is 10.8. The summed E-state index contributed by atoms with van der Waals surface area (Å²) in [4.78, 5) is 0. The highest BCUT2D eigenvalue weighted by Gasteiger charge is 2.39. The van der Waals surface area contributed by atoms with Crippen LogP contribution in [0.3, 0.4) is 0 Å². The lowest BCUT2D eigenvalue weighted by molar-refractivity contribution is -0.0982. The van der Waals surface area contributed by atoms with E-state index in [4.69, 9.17) is 10.2 Å². The molecule has 20 heavy (non-hydrogen) atoms. The van der Waals surface area contributed by atoms with Crippen LogP contribution in [0.5, 0.6) is 0 Å². The van der Waals surface area contributed by atoms with Gasteiger partial charge in [0.1, 0.15) is 24.4 Å². The van der Waals surface area contributed by atoms with E-state index in [-0.39, 0.29) is 0 Å². The van der Waals surface area contributed by atoms with E-state index in [0.717, 1.165) is 0 Å². The van der Waals surface area contributed by atoms with Crippen molar-refractivity contribution in [2.24, 2.45) is 0 Å². The predicted octanol–water partition coefficient (Wildman–Crippen LogP) is -3.62. The molecule has 0 aliphatic rings. The second-order valence-corrected chi connectivity index (χ2v) is 7.23. The molecule has 10 nitrogen and oxygen atoms in total. The maximum atomic E-state index is 11.1. The lowest BCUT2D eigenvalue weighted by atomic mass is 10.0. The van der Waals surface area contributed by atoms with Gasteiger partial charge in [-0.2, -0.15) is 16.8 Å². The van der Waals surface area contributed by atoms with E-state index < -0.39 is 57.9 Å². The zero-order valence-corrected chi connectivity index (χ0v) is 12.4. The van der Waals surface area contributed by atoms with Crippen molar-refractivity contribution in [3.05, 3.63) is 0 Å². The molecule has 0 radical (unpaired) electrons. The largest absolute Gasteiger partial charge is 0.394 e. The molecule has 0 rings (SSSR count). The molecule has 0 aromatic rings. The highest BCUT2D eigenvalue weighted by atomic mass is 32.2. The summed E-state index contributed by atoms with van der Waals surface area (Å²) in [6.45, 7) is -1.97. The minimum absolute atomic E-state index is 0.618. The molecule has 0 aromatic carbocycles. The van der Waals surface area contributed by atoms with Gasteiger partial charge in [0.15, 0.2) is 0 Å². The predicted molar refractivity (Wildman–Crippen MR) is 65.6 cm³/mol. The van der Waals surface area contributed by atoms with Crippen molar-refractivity contribution in [1.82, 2.24) is 0 Å². The van der Waals surface area contributed by atoms with Gasteiger partial charge in [-0.05, 0) is 0 Å². The van der Waals surface area contributed by atoms with E-state index in [1.54, 1.807) is 0 Å². The summed E-state index contributed by atoms with van der Waals surface area (Å²) in [5.41, 5.74) is 0. The fourth-order valence-corrected chi connectivity index (χ4v) is 2.57. The number of aliphatic hydroxyl groups is 4. The standard InChI is InChI=1S/C8H18O10S2/c1-19(13,14)17-7(5(11)3-9)8(6(12)4-10)18-20(2,15)16/h5-12H,3-4H2,1-2H3/t5-,6-,7-,8-/m1/s1. The lowest BCUT2D eigenvalue weighted by Gasteiger charge is -2.30. The summed E-state index contributed by atoms with van der Waals surface area (Å²) in [6, 6.07) is 0. The van der Waals surface area contributed by atoms with Crippen LogP contribution < -0.4 is 0 Å². The average Bonchev–Trinajstić information content (AvgIpc) is 2.29. The van der Waals surface area contributed by atoms with Gasteiger partial charge in [-0.15, -0.1) is 0 Å². The quantitative estimate of drug-likeness (QED) is 0.308. The first-order valence-electron chi connectivity index (χ1n) is 5.25. The van der Waals surface area contributed by atoms with Crippen molar-refractivity contribution in [3.63, 3.8) is 0 Å². The van der Waals surface area contributed by atoms with Crippen molar-refractivity contribution >= 4 is 20.2 Å². The first kappa shape index (κ1) is 19.7. The van der Waals surface area contributed by atoms with Crippen LogP contribution >= 0.6 is 0 Å². The fourth-order valence-electron chi connectivity index (χ4n) is 1.29. The molecule has 0 aliphatic carbocycles. The summed E-state index contributed by atoms with van der Waals surface area (Å²) in [7, 11) is -8.32. The van der Waals surface area contributed by atoms with Crippen molar-refractivity contribution in [2.45, 2.75) is 24.4 Å². The smallest absolute Gasteiger partial charge is 0.264 e. The fraction of sp³-hybridized carbons (Fsp3) is 1.00. The minimum Gasteiger partial charge on any atom is -0.394 e. The van der Waals surface area contributed by atoms with Gasteiger partial charge in [0.25, 0.3) is 20.2 Å². The van der Waals surface area contributed by atoms with E-state index in [9.17, 15) is 27.0 Å². The maximum Gasteiger partial charge on any atom is 0.264 e. The Bertz CT molecular complexity index is 437.